The summed E-state index contributed by atoms with van der Waals surface area (Å²) in [5.74, 6) is 1.37. The summed E-state index contributed by atoms with van der Waals surface area (Å²) in [6.07, 6.45) is 1.00. The second-order valence-corrected chi connectivity index (χ2v) is 7.41. The van der Waals surface area contributed by atoms with E-state index in [-0.39, 0.29) is 17.5 Å². The van der Waals surface area contributed by atoms with Crippen molar-refractivity contribution in [2.75, 3.05) is 13.1 Å². The van der Waals surface area contributed by atoms with Gasteiger partial charge >= 0.3 is 0 Å². The molecule has 0 radical (unpaired) electrons. The quantitative estimate of drug-likeness (QED) is 0.944. The number of nitrogens with two attached hydrogens (primary N) is 1. The van der Waals surface area contributed by atoms with E-state index in [0.29, 0.717) is 11.7 Å². The summed E-state index contributed by atoms with van der Waals surface area (Å²) in [5.41, 5.74) is 6.32. The number of likely N-dealkylation sites (tertiary alicyclic amines) is 1. The summed E-state index contributed by atoms with van der Waals surface area (Å²) < 4.78 is 5.47. The van der Waals surface area contributed by atoms with E-state index < -0.39 is 0 Å². The fourth-order valence-corrected chi connectivity index (χ4v) is 3.46. The lowest BCUT2D eigenvalue weighted by Gasteiger charge is -2.44. The van der Waals surface area contributed by atoms with Gasteiger partial charge in [0.25, 0.3) is 0 Å². The van der Waals surface area contributed by atoms with Gasteiger partial charge in [-0.25, -0.2) is 0 Å². The van der Waals surface area contributed by atoms with Gasteiger partial charge in [0.05, 0.1) is 10.9 Å². The van der Waals surface area contributed by atoms with Crippen LogP contribution in [0.4, 0.5) is 0 Å². The summed E-state index contributed by atoms with van der Waals surface area (Å²) in [7, 11) is 0. The highest BCUT2D eigenvalue weighted by Gasteiger charge is 2.36. The van der Waals surface area contributed by atoms with Gasteiger partial charge < -0.3 is 10.3 Å². The van der Waals surface area contributed by atoms with E-state index in [2.05, 4.69) is 35.8 Å². The highest BCUT2D eigenvalue weighted by atomic mass is 32.1. The van der Waals surface area contributed by atoms with Gasteiger partial charge in [-0.15, -0.1) is 11.3 Å². The van der Waals surface area contributed by atoms with Gasteiger partial charge in [0.15, 0.2) is 0 Å². The van der Waals surface area contributed by atoms with Crippen molar-refractivity contribution in [2.45, 2.75) is 39.3 Å². The molecule has 2 aromatic heterocycles. The summed E-state index contributed by atoms with van der Waals surface area (Å²) in [6, 6.07) is 4.38. The predicted octanol–water partition coefficient (Wildman–Crippen LogP) is 2.92. The maximum absolute atomic E-state index is 6.21. The summed E-state index contributed by atoms with van der Waals surface area (Å²) >= 11 is 1.62. The lowest BCUT2D eigenvalue weighted by molar-refractivity contribution is 0.0549. The van der Waals surface area contributed by atoms with Crippen LogP contribution in [0.2, 0.25) is 0 Å². The van der Waals surface area contributed by atoms with Crippen molar-refractivity contribution in [3.8, 4) is 10.7 Å². The number of aromatic nitrogens is 2. The van der Waals surface area contributed by atoms with Gasteiger partial charge in [-0.3, -0.25) is 4.90 Å². The zero-order valence-corrected chi connectivity index (χ0v) is 13.6. The molecule has 2 aromatic rings. The summed E-state index contributed by atoms with van der Waals surface area (Å²) in [5, 5.41) is 6.12. The summed E-state index contributed by atoms with van der Waals surface area (Å²) in [6.45, 7) is 8.50. The van der Waals surface area contributed by atoms with Crippen LogP contribution in [0.1, 0.15) is 39.1 Å². The number of nitrogens with zero attached hydrogens (tertiary/aromatic N) is 3. The van der Waals surface area contributed by atoms with Crippen LogP contribution in [-0.4, -0.2) is 34.2 Å². The Morgan fingerprint density at radius 3 is 3.00 bits per heavy atom. The van der Waals surface area contributed by atoms with E-state index >= 15 is 0 Å². The second-order valence-electron chi connectivity index (χ2n) is 6.46. The third-order valence-electron chi connectivity index (χ3n) is 4.43. The Balaban J connectivity index is 1.75. The van der Waals surface area contributed by atoms with E-state index in [4.69, 9.17) is 10.3 Å². The molecule has 6 heteroatoms. The molecule has 2 atom stereocenters. The lowest BCUT2D eigenvalue weighted by Crippen LogP contribution is -2.52. The van der Waals surface area contributed by atoms with E-state index in [1.165, 1.54) is 0 Å². The zero-order valence-electron chi connectivity index (χ0n) is 12.7. The van der Waals surface area contributed by atoms with Crippen LogP contribution < -0.4 is 5.73 Å². The zero-order chi connectivity index (χ0) is 15.0. The number of rotatable bonds is 3. The molecule has 1 saturated heterocycles. The fraction of sp³-hybridized carbons (Fsp3) is 0.600. The first-order chi connectivity index (χ1) is 9.97. The molecule has 0 aliphatic carbocycles. The first-order valence-corrected chi connectivity index (χ1v) is 8.22. The molecule has 3 heterocycles. The number of piperidine rings is 1. The van der Waals surface area contributed by atoms with E-state index in [1.807, 2.05) is 17.5 Å². The molecule has 2 N–H and O–H groups in total. The molecule has 1 fully saturated rings. The van der Waals surface area contributed by atoms with Crippen molar-refractivity contribution < 1.29 is 4.52 Å². The van der Waals surface area contributed by atoms with Crippen molar-refractivity contribution in [1.82, 2.24) is 15.0 Å². The summed E-state index contributed by atoms with van der Waals surface area (Å²) in [4.78, 5) is 7.98. The normalized spacial score (nSPS) is 24.1. The number of thiophene rings is 1. The first kappa shape index (κ1) is 14.7. The van der Waals surface area contributed by atoms with Gasteiger partial charge in [-0.2, -0.15) is 4.98 Å². The van der Waals surface area contributed by atoms with Crippen LogP contribution in [-0.2, 0) is 0 Å². The van der Waals surface area contributed by atoms with E-state index in [0.717, 1.165) is 24.4 Å². The molecule has 114 valence electrons. The van der Waals surface area contributed by atoms with E-state index in [1.54, 1.807) is 11.3 Å². The Kier molecular flexibility index (Phi) is 3.86. The molecule has 1 aliphatic heterocycles. The average molecular weight is 306 g/mol. The van der Waals surface area contributed by atoms with Crippen LogP contribution in [0.15, 0.2) is 22.0 Å². The number of hydrogen-bond donors (Lipinski definition) is 1. The van der Waals surface area contributed by atoms with Gasteiger partial charge in [0.2, 0.25) is 11.7 Å². The standard InChI is InChI=1S/C15H22N4OS/c1-10(19-7-6-12(16)15(2,3)9-19)14-17-13(18-20-14)11-5-4-8-21-11/h4-5,8,10,12H,6-7,9,16H2,1-3H3. The molecule has 0 aromatic carbocycles. The minimum Gasteiger partial charge on any atom is -0.337 e. The third kappa shape index (κ3) is 2.88. The maximum atomic E-state index is 6.21. The minimum absolute atomic E-state index is 0.114. The molecule has 1 aliphatic rings. The first-order valence-electron chi connectivity index (χ1n) is 7.34. The molecule has 0 spiro atoms. The highest BCUT2D eigenvalue weighted by molar-refractivity contribution is 7.13. The largest absolute Gasteiger partial charge is 0.337 e. The van der Waals surface area contributed by atoms with Gasteiger partial charge in [0.1, 0.15) is 0 Å². The SMILES string of the molecule is CC(c1nc(-c2cccs2)no1)N1CCC(N)C(C)(C)C1. The van der Waals surface area contributed by atoms with E-state index in [9.17, 15) is 0 Å². The molecular formula is C15H22N4OS. The Bertz CT molecular complexity index is 593. The van der Waals surface area contributed by atoms with Crippen molar-refractivity contribution in [2.24, 2.45) is 11.1 Å². The molecule has 2 unspecified atom stereocenters. The van der Waals surface area contributed by atoms with Crippen LogP contribution in [0.3, 0.4) is 0 Å². The molecule has 0 amide bonds. The Labute approximate surface area is 129 Å². The molecule has 21 heavy (non-hydrogen) atoms. The Morgan fingerprint density at radius 1 is 1.52 bits per heavy atom. The Hall–Kier alpha value is -1.24. The van der Waals surface area contributed by atoms with Crippen molar-refractivity contribution in [1.29, 1.82) is 0 Å². The second kappa shape index (κ2) is 5.51. The van der Waals surface area contributed by atoms with Crippen LogP contribution in [0.25, 0.3) is 10.7 Å². The molecule has 3 rings (SSSR count). The monoisotopic (exact) mass is 306 g/mol. The average Bonchev–Trinajstić information content (AvgIpc) is 3.10. The highest BCUT2D eigenvalue weighted by Crippen LogP contribution is 2.33. The molecule has 5 nitrogen and oxygen atoms in total. The van der Waals surface area contributed by atoms with Crippen LogP contribution in [0.5, 0.6) is 0 Å². The number of hydrogen-bond acceptors (Lipinski definition) is 6. The van der Waals surface area contributed by atoms with Crippen LogP contribution in [0, 0.1) is 5.41 Å². The Morgan fingerprint density at radius 2 is 2.33 bits per heavy atom. The van der Waals surface area contributed by atoms with Gasteiger partial charge in [-0.1, -0.05) is 25.1 Å². The molecule has 0 bridgehead atoms. The fourth-order valence-electron chi connectivity index (χ4n) is 2.81. The van der Waals surface area contributed by atoms with Crippen molar-refractivity contribution in [3.05, 3.63) is 23.4 Å². The van der Waals surface area contributed by atoms with Crippen molar-refractivity contribution in [3.63, 3.8) is 0 Å². The van der Waals surface area contributed by atoms with Gasteiger partial charge in [-0.05, 0) is 30.2 Å². The van der Waals surface area contributed by atoms with Crippen molar-refractivity contribution >= 4 is 11.3 Å². The predicted molar refractivity (Wildman–Crippen MR) is 84.0 cm³/mol. The smallest absolute Gasteiger partial charge is 0.244 e. The van der Waals surface area contributed by atoms with Gasteiger partial charge in [0, 0.05) is 19.1 Å². The van der Waals surface area contributed by atoms with Crippen LogP contribution >= 0.6 is 11.3 Å². The topological polar surface area (TPSA) is 68.2 Å². The third-order valence-corrected chi connectivity index (χ3v) is 5.30. The molecular weight excluding hydrogens is 284 g/mol. The maximum Gasteiger partial charge on any atom is 0.244 e. The minimum atomic E-state index is 0.114. The molecule has 0 saturated carbocycles. The lowest BCUT2D eigenvalue weighted by atomic mass is 9.79.